The quantitative estimate of drug-likeness (QED) is 0.621. The number of halogens is 1. The first-order chi connectivity index (χ1) is 4.38. The SMILES string of the molecule is Ic1cnn2c1CCC2. The van der Waals surface area contributed by atoms with Crippen molar-refractivity contribution in [1.29, 1.82) is 0 Å². The van der Waals surface area contributed by atoms with Gasteiger partial charge in [0.05, 0.1) is 15.5 Å². The predicted octanol–water partition coefficient (Wildman–Crippen LogP) is 1.43. The van der Waals surface area contributed by atoms with Gasteiger partial charge < -0.3 is 0 Å². The number of hydrogen-bond donors (Lipinski definition) is 0. The molecule has 0 amide bonds. The number of aromatic nitrogens is 2. The first-order valence-electron chi connectivity index (χ1n) is 3.08. The summed E-state index contributed by atoms with van der Waals surface area (Å²) in [5, 5.41) is 4.21. The van der Waals surface area contributed by atoms with Gasteiger partial charge in [0, 0.05) is 6.54 Å². The van der Waals surface area contributed by atoms with E-state index in [0.29, 0.717) is 0 Å². The molecular formula is C6H7IN2. The van der Waals surface area contributed by atoms with Crippen molar-refractivity contribution in [2.75, 3.05) is 0 Å². The van der Waals surface area contributed by atoms with Gasteiger partial charge in [-0.3, -0.25) is 4.68 Å². The van der Waals surface area contributed by atoms with Gasteiger partial charge in [0.15, 0.2) is 0 Å². The molecule has 2 nitrogen and oxygen atoms in total. The normalized spacial score (nSPS) is 16.1. The van der Waals surface area contributed by atoms with Crippen LogP contribution in [-0.4, -0.2) is 9.78 Å². The Bertz CT molecular complexity index is 229. The molecule has 0 fully saturated rings. The third kappa shape index (κ3) is 0.781. The molecule has 0 aromatic carbocycles. The molecule has 0 radical (unpaired) electrons. The molecule has 0 saturated carbocycles. The van der Waals surface area contributed by atoms with Crippen molar-refractivity contribution in [2.24, 2.45) is 0 Å². The van der Waals surface area contributed by atoms with Gasteiger partial charge in [-0.2, -0.15) is 5.10 Å². The molecule has 0 spiro atoms. The Morgan fingerprint density at radius 2 is 2.56 bits per heavy atom. The molecule has 0 saturated heterocycles. The lowest BCUT2D eigenvalue weighted by molar-refractivity contribution is 0.656. The monoisotopic (exact) mass is 234 g/mol. The van der Waals surface area contributed by atoms with Crippen molar-refractivity contribution in [3.63, 3.8) is 0 Å². The molecule has 2 heterocycles. The van der Waals surface area contributed by atoms with Gasteiger partial charge in [0.1, 0.15) is 0 Å². The van der Waals surface area contributed by atoms with Gasteiger partial charge in [0.2, 0.25) is 0 Å². The van der Waals surface area contributed by atoms with E-state index in [2.05, 4.69) is 32.4 Å². The molecule has 0 aliphatic carbocycles. The van der Waals surface area contributed by atoms with E-state index in [4.69, 9.17) is 0 Å². The highest BCUT2D eigenvalue weighted by atomic mass is 127. The summed E-state index contributed by atoms with van der Waals surface area (Å²) < 4.78 is 3.42. The fourth-order valence-electron chi connectivity index (χ4n) is 1.23. The topological polar surface area (TPSA) is 17.8 Å². The fraction of sp³-hybridized carbons (Fsp3) is 0.500. The Hall–Kier alpha value is -0.0600. The molecule has 3 heteroatoms. The summed E-state index contributed by atoms with van der Waals surface area (Å²) in [4.78, 5) is 0. The number of rotatable bonds is 0. The maximum absolute atomic E-state index is 4.21. The Morgan fingerprint density at radius 3 is 3.33 bits per heavy atom. The standard InChI is InChI=1S/C6H7IN2/c7-5-4-8-9-3-1-2-6(5)9/h4H,1-3H2. The van der Waals surface area contributed by atoms with E-state index in [1.807, 2.05) is 6.20 Å². The van der Waals surface area contributed by atoms with E-state index in [0.717, 1.165) is 6.54 Å². The number of fused-ring (bicyclic) bond motifs is 1. The molecule has 0 unspecified atom stereocenters. The van der Waals surface area contributed by atoms with E-state index >= 15 is 0 Å². The zero-order chi connectivity index (χ0) is 6.27. The molecule has 2 rings (SSSR count). The van der Waals surface area contributed by atoms with Crippen LogP contribution in [0.5, 0.6) is 0 Å². The molecule has 1 aromatic rings. The molecule has 9 heavy (non-hydrogen) atoms. The Kier molecular flexibility index (Phi) is 1.25. The van der Waals surface area contributed by atoms with Crippen molar-refractivity contribution in [3.8, 4) is 0 Å². The second-order valence-electron chi connectivity index (χ2n) is 2.27. The smallest absolute Gasteiger partial charge is 0.0626 e. The maximum atomic E-state index is 4.21. The highest BCUT2D eigenvalue weighted by Crippen LogP contribution is 2.18. The number of hydrogen-bond acceptors (Lipinski definition) is 1. The average molecular weight is 234 g/mol. The minimum Gasteiger partial charge on any atom is -0.268 e. The highest BCUT2D eigenvalue weighted by molar-refractivity contribution is 14.1. The zero-order valence-corrected chi connectivity index (χ0v) is 7.13. The van der Waals surface area contributed by atoms with Crippen molar-refractivity contribution >= 4 is 22.6 Å². The minimum absolute atomic E-state index is 1.12. The lowest BCUT2D eigenvalue weighted by Gasteiger charge is -1.89. The molecule has 1 aliphatic heterocycles. The first-order valence-corrected chi connectivity index (χ1v) is 4.16. The predicted molar refractivity (Wildman–Crippen MR) is 43.3 cm³/mol. The van der Waals surface area contributed by atoms with Crippen LogP contribution in [0, 0.1) is 3.57 Å². The van der Waals surface area contributed by atoms with Crippen molar-refractivity contribution in [3.05, 3.63) is 15.5 Å². The van der Waals surface area contributed by atoms with Crippen LogP contribution >= 0.6 is 22.6 Å². The van der Waals surface area contributed by atoms with E-state index in [1.54, 1.807) is 0 Å². The summed E-state index contributed by atoms with van der Waals surface area (Å²) in [5.74, 6) is 0. The largest absolute Gasteiger partial charge is 0.268 e. The summed E-state index contributed by atoms with van der Waals surface area (Å²) in [6.45, 7) is 1.12. The summed E-state index contributed by atoms with van der Waals surface area (Å²) in [5.41, 5.74) is 1.43. The van der Waals surface area contributed by atoms with Gasteiger partial charge in [-0.1, -0.05) is 0 Å². The summed E-state index contributed by atoms with van der Waals surface area (Å²) in [6, 6.07) is 0. The van der Waals surface area contributed by atoms with Gasteiger partial charge in [-0.15, -0.1) is 0 Å². The Balaban J connectivity index is 2.56. The molecule has 0 N–H and O–H groups in total. The molecular weight excluding hydrogens is 227 g/mol. The Labute approximate surface area is 67.4 Å². The Morgan fingerprint density at radius 1 is 1.67 bits per heavy atom. The average Bonchev–Trinajstić information content (AvgIpc) is 2.35. The van der Waals surface area contributed by atoms with Gasteiger partial charge in [-0.05, 0) is 35.4 Å². The fourth-order valence-corrected chi connectivity index (χ4v) is 1.90. The second kappa shape index (κ2) is 1.97. The number of nitrogens with zero attached hydrogens (tertiary/aromatic N) is 2. The molecule has 0 bridgehead atoms. The van der Waals surface area contributed by atoms with Crippen LogP contribution in [0.25, 0.3) is 0 Å². The van der Waals surface area contributed by atoms with E-state index in [-0.39, 0.29) is 0 Å². The van der Waals surface area contributed by atoms with Crippen LogP contribution in [0.2, 0.25) is 0 Å². The first kappa shape index (κ1) is 5.70. The number of aryl methyl sites for hydroxylation is 1. The van der Waals surface area contributed by atoms with Gasteiger partial charge >= 0.3 is 0 Å². The highest BCUT2D eigenvalue weighted by Gasteiger charge is 2.13. The molecule has 48 valence electrons. The lowest BCUT2D eigenvalue weighted by atomic mass is 10.3. The molecule has 1 aliphatic rings. The van der Waals surface area contributed by atoms with Gasteiger partial charge in [0.25, 0.3) is 0 Å². The second-order valence-corrected chi connectivity index (χ2v) is 3.43. The third-order valence-corrected chi connectivity index (χ3v) is 2.58. The van der Waals surface area contributed by atoms with Crippen molar-refractivity contribution in [2.45, 2.75) is 19.4 Å². The van der Waals surface area contributed by atoms with Crippen molar-refractivity contribution in [1.82, 2.24) is 9.78 Å². The minimum atomic E-state index is 1.12. The van der Waals surface area contributed by atoms with E-state index < -0.39 is 0 Å². The van der Waals surface area contributed by atoms with Crippen LogP contribution in [-0.2, 0) is 13.0 Å². The van der Waals surface area contributed by atoms with Crippen LogP contribution in [0.15, 0.2) is 6.20 Å². The summed E-state index contributed by atoms with van der Waals surface area (Å²) in [7, 11) is 0. The molecule has 0 atom stereocenters. The zero-order valence-electron chi connectivity index (χ0n) is 4.97. The third-order valence-electron chi connectivity index (χ3n) is 1.68. The van der Waals surface area contributed by atoms with Crippen LogP contribution in [0.1, 0.15) is 12.1 Å². The van der Waals surface area contributed by atoms with Crippen LogP contribution < -0.4 is 0 Å². The van der Waals surface area contributed by atoms with Crippen LogP contribution in [0.4, 0.5) is 0 Å². The maximum Gasteiger partial charge on any atom is 0.0626 e. The van der Waals surface area contributed by atoms with Gasteiger partial charge in [-0.25, -0.2) is 0 Å². The van der Waals surface area contributed by atoms with E-state index in [9.17, 15) is 0 Å². The van der Waals surface area contributed by atoms with Crippen LogP contribution in [0.3, 0.4) is 0 Å². The van der Waals surface area contributed by atoms with E-state index in [1.165, 1.54) is 22.1 Å². The summed E-state index contributed by atoms with van der Waals surface area (Å²) in [6.07, 6.45) is 4.44. The lowest BCUT2D eigenvalue weighted by Crippen LogP contribution is -1.92. The molecule has 1 aromatic heterocycles. The summed E-state index contributed by atoms with van der Waals surface area (Å²) >= 11 is 2.34. The van der Waals surface area contributed by atoms with Crippen molar-refractivity contribution < 1.29 is 0 Å².